The quantitative estimate of drug-likeness (QED) is 0.777. The van der Waals surface area contributed by atoms with Gasteiger partial charge in [0.05, 0.1) is 26.9 Å². The fraction of sp³-hybridized carbons (Fsp3) is 0.476. The molecular formula is C21H27N3O4S. The van der Waals surface area contributed by atoms with E-state index in [-0.39, 0.29) is 12.1 Å². The highest BCUT2D eigenvalue weighted by atomic mass is 32.1. The van der Waals surface area contributed by atoms with E-state index >= 15 is 0 Å². The standard InChI is InChI=1S/C21H27N3O4S/c1-11(2)24-7-6-13-16(10-24)29-21-17(13)20(25)22-19(23-21)12-8-14(26-3)18(28-5)15(9-12)27-4/h8-9,11,19,23H,6-7,10H2,1-5H3,(H,22,25). The highest BCUT2D eigenvalue weighted by Crippen LogP contribution is 2.44. The van der Waals surface area contributed by atoms with Crippen LogP contribution in [0, 0.1) is 0 Å². The number of nitrogens with one attached hydrogen (secondary N) is 2. The van der Waals surface area contributed by atoms with Gasteiger partial charge in [-0.3, -0.25) is 9.69 Å². The van der Waals surface area contributed by atoms with Crippen molar-refractivity contribution in [2.45, 2.75) is 39.0 Å². The first-order chi connectivity index (χ1) is 14.0. The summed E-state index contributed by atoms with van der Waals surface area (Å²) in [7, 11) is 4.74. The number of thiophene rings is 1. The van der Waals surface area contributed by atoms with Gasteiger partial charge in [-0.1, -0.05) is 0 Å². The number of hydrogen-bond acceptors (Lipinski definition) is 7. The lowest BCUT2D eigenvalue weighted by Gasteiger charge is -2.31. The molecule has 2 aromatic rings. The number of ether oxygens (including phenoxy) is 3. The van der Waals surface area contributed by atoms with Crippen LogP contribution in [0.1, 0.15) is 46.4 Å². The molecule has 0 radical (unpaired) electrons. The number of benzene rings is 1. The van der Waals surface area contributed by atoms with Crippen LogP contribution in [-0.2, 0) is 13.0 Å². The van der Waals surface area contributed by atoms with Crippen LogP contribution in [0.25, 0.3) is 0 Å². The van der Waals surface area contributed by atoms with Gasteiger partial charge < -0.3 is 24.8 Å². The van der Waals surface area contributed by atoms with E-state index < -0.39 is 0 Å². The van der Waals surface area contributed by atoms with Crippen LogP contribution in [0.4, 0.5) is 5.00 Å². The predicted octanol–water partition coefficient (Wildman–Crippen LogP) is 3.39. The maximum atomic E-state index is 13.0. The molecule has 0 saturated heterocycles. The summed E-state index contributed by atoms with van der Waals surface area (Å²) in [5, 5.41) is 7.52. The van der Waals surface area contributed by atoms with Crippen molar-refractivity contribution < 1.29 is 19.0 Å². The van der Waals surface area contributed by atoms with E-state index in [9.17, 15) is 4.79 Å². The van der Waals surface area contributed by atoms with Crippen LogP contribution in [0.5, 0.6) is 17.2 Å². The molecule has 3 heterocycles. The predicted molar refractivity (Wildman–Crippen MR) is 113 cm³/mol. The number of anilines is 1. The number of hydrogen-bond donors (Lipinski definition) is 2. The van der Waals surface area contributed by atoms with Gasteiger partial charge in [-0.15, -0.1) is 11.3 Å². The zero-order valence-electron chi connectivity index (χ0n) is 17.4. The topological polar surface area (TPSA) is 72.1 Å². The maximum Gasteiger partial charge on any atom is 0.256 e. The van der Waals surface area contributed by atoms with Crippen molar-refractivity contribution in [1.29, 1.82) is 0 Å². The number of methoxy groups -OCH3 is 3. The Kier molecular flexibility index (Phi) is 5.31. The summed E-state index contributed by atoms with van der Waals surface area (Å²) in [5.41, 5.74) is 2.83. The number of amides is 1. The fourth-order valence-corrected chi connectivity index (χ4v) is 5.31. The number of fused-ring (bicyclic) bond motifs is 3. The molecule has 7 nitrogen and oxygen atoms in total. The van der Waals surface area contributed by atoms with Crippen molar-refractivity contribution in [2.24, 2.45) is 0 Å². The van der Waals surface area contributed by atoms with E-state index in [1.54, 1.807) is 32.7 Å². The van der Waals surface area contributed by atoms with E-state index in [0.29, 0.717) is 23.3 Å². The van der Waals surface area contributed by atoms with Gasteiger partial charge in [0.15, 0.2) is 11.5 Å². The van der Waals surface area contributed by atoms with Crippen LogP contribution in [-0.4, -0.2) is 44.7 Å². The Hall–Kier alpha value is -2.45. The molecule has 29 heavy (non-hydrogen) atoms. The summed E-state index contributed by atoms with van der Waals surface area (Å²) in [6, 6.07) is 4.22. The van der Waals surface area contributed by atoms with E-state index in [1.807, 2.05) is 12.1 Å². The summed E-state index contributed by atoms with van der Waals surface area (Å²) in [6.07, 6.45) is 0.536. The third-order valence-corrected chi connectivity index (χ3v) is 6.76. The molecule has 156 valence electrons. The first kappa shape index (κ1) is 19.8. The fourth-order valence-electron chi connectivity index (χ4n) is 4.01. The van der Waals surface area contributed by atoms with Crippen LogP contribution in [0.3, 0.4) is 0 Å². The number of carbonyl (C=O) groups is 1. The average molecular weight is 418 g/mol. The lowest BCUT2D eigenvalue weighted by atomic mass is 9.99. The van der Waals surface area contributed by atoms with Gasteiger partial charge in [0.25, 0.3) is 5.91 Å². The van der Waals surface area contributed by atoms with Crippen molar-refractivity contribution in [3.63, 3.8) is 0 Å². The van der Waals surface area contributed by atoms with Crippen molar-refractivity contribution in [2.75, 3.05) is 33.2 Å². The van der Waals surface area contributed by atoms with Gasteiger partial charge in [-0.2, -0.15) is 0 Å². The molecule has 1 atom stereocenters. The molecule has 8 heteroatoms. The number of carbonyl (C=O) groups excluding carboxylic acids is 1. The summed E-state index contributed by atoms with van der Waals surface area (Å²) in [4.78, 5) is 16.7. The van der Waals surface area contributed by atoms with Crippen LogP contribution >= 0.6 is 11.3 Å². The molecule has 0 spiro atoms. The first-order valence-electron chi connectivity index (χ1n) is 9.72. The van der Waals surface area contributed by atoms with Gasteiger partial charge in [0.1, 0.15) is 11.2 Å². The molecule has 0 bridgehead atoms. The number of rotatable bonds is 5. The maximum absolute atomic E-state index is 13.0. The van der Waals surface area contributed by atoms with E-state index in [1.165, 1.54) is 10.4 Å². The summed E-state index contributed by atoms with van der Waals surface area (Å²) < 4.78 is 16.3. The molecule has 2 aliphatic heterocycles. The van der Waals surface area contributed by atoms with Gasteiger partial charge in [-0.25, -0.2) is 0 Å². The Morgan fingerprint density at radius 2 is 1.79 bits per heavy atom. The molecule has 0 aliphatic carbocycles. The minimum absolute atomic E-state index is 0.0343. The van der Waals surface area contributed by atoms with Crippen molar-refractivity contribution in [3.05, 3.63) is 33.7 Å². The largest absolute Gasteiger partial charge is 0.493 e. The van der Waals surface area contributed by atoms with Crippen molar-refractivity contribution in [1.82, 2.24) is 10.2 Å². The second-order valence-corrected chi connectivity index (χ2v) is 8.64. The molecule has 1 aromatic heterocycles. The average Bonchev–Trinajstić information content (AvgIpc) is 3.10. The van der Waals surface area contributed by atoms with Crippen molar-refractivity contribution >= 4 is 22.2 Å². The van der Waals surface area contributed by atoms with Crippen LogP contribution < -0.4 is 24.8 Å². The normalized spacial score (nSPS) is 18.6. The Bertz CT molecular complexity index is 915. The number of nitrogens with zero attached hydrogens (tertiary/aromatic N) is 1. The second-order valence-electron chi connectivity index (χ2n) is 7.53. The minimum Gasteiger partial charge on any atom is -0.493 e. The van der Waals surface area contributed by atoms with Gasteiger partial charge in [0, 0.05) is 29.6 Å². The third kappa shape index (κ3) is 3.40. The zero-order chi connectivity index (χ0) is 20.7. The van der Waals surface area contributed by atoms with Gasteiger partial charge in [-0.05, 0) is 38.0 Å². The molecular weight excluding hydrogens is 390 g/mol. The van der Waals surface area contributed by atoms with E-state index in [4.69, 9.17) is 14.2 Å². The lowest BCUT2D eigenvalue weighted by Crippen LogP contribution is -2.39. The smallest absolute Gasteiger partial charge is 0.256 e. The lowest BCUT2D eigenvalue weighted by molar-refractivity contribution is 0.0934. The summed E-state index contributed by atoms with van der Waals surface area (Å²) in [5.74, 6) is 1.61. The van der Waals surface area contributed by atoms with Gasteiger partial charge >= 0.3 is 0 Å². The Labute approximate surface area is 174 Å². The molecule has 0 saturated carbocycles. The van der Waals surface area contributed by atoms with Gasteiger partial charge in [0.2, 0.25) is 5.75 Å². The molecule has 1 unspecified atom stereocenters. The molecule has 1 amide bonds. The Balaban J connectivity index is 1.67. The molecule has 2 N–H and O–H groups in total. The van der Waals surface area contributed by atoms with E-state index in [0.717, 1.165) is 35.6 Å². The SMILES string of the molecule is COc1cc(C2NC(=O)c3c(sc4c3CCN(C(C)C)C4)N2)cc(OC)c1OC. The van der Waals surface area contributed by atoms with Crippen molar-refractivity contribution in [3.8, 4) is 17.2 Å². The van der Waals surface area contributed by atoms with Crippen LogP contribution in [0.2, 0.25) is 0 Å². The molecule has 1 aromatic carbocycles. The Morgan fingerprint density at radius 3 is 2.38 bits per heavy atom. The summed E-state index contributed by atoms with van der Waals surface area (Å²) in [6.45, 7) is 6.31. The molecule has 0 fully saturated rings. The Morgan fingerprint density at radius 1 is 1.10 bits per heavy atom. The van der Waals surface area contributed by atoms with E-state index in [2.05, 4.69) is 29.4 Å². The highest BCUT2D eigenvalue weighted by Gasteiger charge is 2.34. The minimum atomic E-state index is -0.370. The van der Waals surface area contributed by atoms with Crippen LogP contribution in [0.15, 0.2) is 12.1 Å². The zero-order valence-corrected chi connectivity index (χ0v) is 18.2. The molecule has 4 rings (SSSR count). The molecule has 2 aliphatic rings. The second kappa shape index (κ2) is 7.76. The highest BCUT2D eigenvalue weighted by molar-refractivity contribution is 7.16. The summed E-state index contributed by atoms with van der Waals surface area (Å²) >= 11 is 1.69. The monoisotopic (exact) mass is 417 g/mol. The third-order valence-electron chi connectivity index (χ3n) is 5.62. The first-order valence-corrected chi connectivity index (χ1v) is 10.5.